The van der Waals surface area contributed by atoms with Crippen LogP contribution in [-0.4, -0.2) is 45.5 Å². The molecule has 6 heteroatoms. The number of nitrogens with one attached hydrogen (secondary N) is 1. The number of anilines is 1. The summed E-state index contributed by atoms with van der Waals surface area (Å²) in [6.07, 6.45) is 4.99. The van der Waals surface area contributed by atoms with E-state index >= 15 is 0 Å². The molecule has 2 amide bonds. The molecule has 0 aliphatic rings. The second-order valence-corrected chi connectivity index (χ2v) is 4.19. The minimum atomic E-state index is -0.271. The van der Waals surface area contributed by atoms with Gasteiger partial charge in [0.1, 0.15) is 0 Å². The summed E-state index contributed by atoms with van der Waals surface area (Å²) >= 11 is 0. The first-order valence-electron chi connectivity index (χ1n) is 5.90. The van der Waals surface area contributed by atoms with Gasteiger partial charge in [-0.3, -0.25) is 4.68 Å². The minimum absolute atomic E-state index is 0.0769. The van der Waals surface area contributed by atoms with E-state index in [9.17, 15) is 4.79 Å². The summed E-state index contributed by atoms with van der Waals surface area (Å²) in [5, 5.41) is 15.7. The summed E-state index contributed by atoms with van der Waals surface area (Å²) in [6.45, 7) is 8.19. The lowest BCUT2D eigenvalue weighted by atomic mass is 10.4. The van der Waals surface area contributed by atoms with Crippen LogP contribution in [0.15, 0.2) is 25.0 Å². The van der Waals surface area contributed by atoms with Crippen molar-refractivity contribution in [1.82, 2.24) is 14.7 Å². The van der Waals surface area contributed by atoms with Crippen LogP contribution in [0.2, 0.25) is 0 Å². The molecule has 18 heavy (non-hydrogen) atoms. The topological polar surface area (TPSA) is 70.4 Å². The van der Waals surface area contributed by atoms with E-state index in [1.165, 1.54) is 4.90 Å². The minimum Gasteiger partial charge on any atom is -0.395 e. The SMILES string of the molecule is C=CCN(CCO)C(=O)Nc1cnn(C(C)C)c1. The number of nitrogens with zero attached hydrogens (tertiary/aromatic N) is 3. The Morgan fingerprint density at radius 2 is 2.44 bits per heavy atom. The second-order valence-electron chi connectivity index (χ2n) is 4.19. The van der Waals surface area contributed by atoms with E-state index in [-0.39, 0.29) is 25.2 Å². The van der Waals surface area contributed by atoms with Crippen molar-refractivity contribution in [3.63, 3.8) is 0 Å². The van der Waals surface area contributed by atoms with Crippen molar-refractivity contribution < 1.29 is 9.90 Å². The van der Waals surface area contributed by atoms with E-state index in [4.69, 9.17) is 5.11 Å². The van der Waals surface area contributed by atoms with Crippen LogP contribution < -0.4 is 5.32 Å². The van der Waals surface area contributed by atoms with Crippen molar-refractivity contribution in [3.05, 3.63) is 25.0 Å². The van der Waals surface area contributed by atoms with Crippen LogP contribution in [-0.2, 0) is 0 Å². The first-order valence-corrected chi connectivity index (χ1v) is 5.90. The van der Waals surface area contributed by atoms with E-state index in [0.29, 0.717) is 12.2 Å². The number of hydrogen-bond acceptors (Lipinski definition) is 3. The number of aliphatic hydroxyl groups is 1. The maximum Gasteiger partial charge on any atom is 0.322 e. The van der Waals surface area contributed by atoms with Gasteiger partial charge >= 0.3 is 6.03 Å². The monoisotopic (exact) mass is 252 g/mol. The molecule has 1 heterocycles. The Morgan fingerprint density at radius 3 is 2.94 bits per heavy atom. The first-order chi connectivity index (χ1) is 8.58. The third kappa shape index (κ3) is 3.89. The van der Waals surface area contributed by atoms with E-state index in [1.54, 1.807) is 23.2 Å². The number of aromatic nitrogens is 2. The molecule has 0 saturated carbocycles. The Labute approximate surface area is 107 Å². The molecule has 0 bridgehead atoms. The van der Waals surface area contributed by atoms with Crippen molar-refractivity contribution in [2.75, 3.05) is 25.0 Å². The fourth-order valence-corrected chi connectivity index (χ4v) is 1.44. The number of amides is 2. The molecule has 0 radical (unpaired) electrons. The lowest BCUT2D eigenvalue weighted by molar-refractivity contribution is 0.195. The van der Waals surface area contributed by atoms with Crippen molar-refractivity contribution in [2.24, 2.45) is 0 Å². The molecule has 1 aromatic heterocycles. The molecule has 0 aromatic carbocycles. The third-order valence-electron chi connectivity index (χ3n) is 2.39. The van der Waals surface area contributed by atoms with Gasteiger partial charge in [0.05, 0.1) is 18.5 Å². The van der Waals surface area contributed by atoms with Gasteiger partial charge in [-0.2, -0.15) is 5.10 Å². The molecule has 0 unspecified atom stereocenters. The van der Waals surface area contributed by atoms with Gasteiger partial charge in [0.15, 0.2) is 0 Å². The molecule has 0 aliphatic heterocycles. The third-order valence-corrected chi connectivity index (χ3v) is 2.39. The Hall–Kier alpha value is -1.82. The number of aliphatic hydroxyl groups excluding tert-OH is 1. The summed E-state index contributed by atoms with van der Waals surface area (Å²) in [4.78, 5) is 13.4. The second kappa shape index (κ2) is 6.80. The highest BCUT2D eigenvalue weighted by Gasteiger charge is 2.12. The van der Waals surface area contributed by atoms with Gasteiger partial charge in [0, 0.05) is 25.3 Å². The summed E-state index contributed by atoms with van der Waals surface area (Å²) in [7, 11) is 0. The maximum atomic E-state index is 11.9. The summed E-state index contributed by atoms with van der Waals surface area (Å²) in [5.41, 5.74) is 0.640. The fraction of sp³-hybridized carbons (Fsp3) is 0.500. The highest BCUT2D eigenvalue weighted by Crippen LogP contribution is 2.10. The summed E-state index contributed by atoms with van der Waals surface area (Å²) < 4.78 is 1.76. The fourth-order valence-electron chi connectivity index (χ4n) is 1.44. The lowest BCUT2D eigenvalue weighted by Gasteiger charge is -2.19. The standard InChI is InChI=1S/C12H20N4O2/c1-4-5-15(6-7-17)12(18)14-11-8-13-16(9-11)10(2)3/h4,8-10,17H,1,5-7H2,2-3H3,(H,14,18). The predicted octanol–water partition coefficient (Wildman–Crippen LogP) is 1.48. The van der Waals surface area contributed by atoms with Crippen LogP contribution in [0.4, 0.5) is 10.5 Å². The lowest BCUT2D eigenvalue weighted by Crippen LogP contribution is -2.37. The van der Waals surface area contributed by atoms with Gasteiger partial charge in [-0.05, 0) is 13.8 Å². The average molecular weight is 252 g/mol. The molecular weight excluding hydrogens is 232 g/mol. The molecule has 6 nitrogen and oxygen atoms in total. The number of rotatable bonds is 6. The molecular formula is C12H20N4O2. The predicted molar refractivity (Wildman–Crippen MR) is 70.5 cm³/mol. The number of hydrogen-bond donors (Lipinski definition) is 2. The normalized spacial score (nSPS) is 10.4. The van der Waals surface area contributed by atoms with Gasteiger partial charge in [0.2, 0.25) is 0 Å². The summed E-state index contributed by atoms with van der Waals surface area (Å²) in [5.74, 6) is 0. The highest BCUT2D eigenvalue weighted by molar-refractivity contribution is 5.89. The zero-order valence-corrected chi connectivity index (χ0v) is 10.8. The van der Waals surface area contributed by atoms with E-state index in [2.05, 4.69) is 17.0 Å². The molecule has 0 saturated heterocycles. The van der Waals surface area contributed by atoms with E-state index < -0.39 is 0 Å². The Morgan fingerprint density at radius 1 is 1.72 bits per heavy atom. The van der Waals surface area contributed by atoms with Crippen LogP contribution >= 0.6 is 0 Å². The van der Waals surface area contributed by atoms with Crippen LogP contribution in [0.5, 0.6) is 0 Å². The Bertz CT molecular complexity index is 401. The first kappa shape index (κ1) is 14.2. The molecule has 2 N–H and O–H groups in total. The van der Waals surface area contributed by atoms with Crippen molar-refractivity contribution >= 4 is 11.7 Å². The Kier molecular flexibility index (Phi) is 5.38. The molecule has 0 atom stereocenters. The molecule has 0 fully saturated rings. The number of carbonyl (C=O) groups excluding carboxylic acids is 1. The molecule has 0 spiro atoms. The van der Waals surface area contributed by atoms with Crippen LogP contribution in [0.3, 0.4) is 0 Å². The summed E-state index contributed by atoms with van der Waals surface area (Å²) in [6, 6.07) is -0.0235. The van der Waals surface area contributed by atoms with Crippen LogP contribution in [0.1, 0.15) is 19.9 Å². The van der Waals surface area contributed by atoms with Gasteiger partial charge in [-0.1, -0.05) is 6.08 Å². The molecule has 1 rings (SSSR count). The van der Waals surface area contributed by atoms with Gasteiger partial charge < -0.3 is 15.3 Å². The molecule has 1 aromatic rings. The van der Waals surface area contributed by atoms with Crippen LogP contribution in [0.25, 0.3) is 0 Å². The zero-order chi connectivity index (χ0) is 13.5. The van der Waals surface area contributed by atoms with Gasteiger partial charge in [-0.15, -0.1) is 6.58 Å². The van der Waals surface area contributed by atoms with E-state index in [0.717, 1.165) is 0 Å². The molecule has 100 valence electrons. The Balaban J connectivity index is 2.63. The number of urea groups is 1. The smallest absolute Gasteiger partial charge is 0.322 e. The highest BCUT2D eigenvalue weighted by atomic mass is 16.3. The molecule has 0 aliphatic carbocycles. The van der Waals surface area contributed by atoms with Crippen molar-refractivity contribution in [3.8, 4) is 0 Å². The largest absolute Gasteiger partial charge is 0.395 e. The van der Waals surface area contributed by atoms with Crippen LogP contribution in [0, 0.1) is 0 Å². The maximum absolute atomic E-state index is 11.9. The van der Waals surface area contributed by atoms with E-state index in [1.807, 2.05) is 13.8 Å². The van der Waals surface area contributed by atoms with Crippen molar-refractivity contribution in [1.29, 1.82) is 0 Å². The number of carbonyl (C=O) groups is 1. The quantitative estimate of drug-likeness (QED) is 0.753. The zero-order valence-electron chi connectivity index (χ0n) is 10.8. The van der Waals surface area contributed by atoms with Gasteiger partial charge in [-0.25, -0.2) is 4.79 Å². The average Bonchev–Trinajstić information content (AvgIpc) is 2.77. The van der Waals surface area contributed by atoms with Gasteiger partial charge in [0.25, 0.3) is 0 Å². The van der Waals surface area contributed by atoms with Crippen molar-refractivity contribution in [2.45, 2.75) is 19.9 Å².